The van der Waals surface area contributed by atoms with Gasteiger partial charge in [-0.15, -0.1) is 0 Å². The van der Waals surface area contributed by atoms with E-state index in [-0.39, 0.29) is 107 Å². The Hall–Kier alpha value is -6.32. The molecule has 22 nitrogen and oxygen atoms in total. The minimum absolute atomic E-state index is 0.00288. The van der Waals surface area contributed by atoms with Crippen molar-refractivity contribution in [1.29, 1.82) is 0 Å². The monoisotopic (exact) mass is 974 g/mol. The number of amides is 10. The third-order valence-electron chi connectivity index (χ3n) is 10.7. The number of benzene rings is 1. The van der Waals surface area contributed by atoms with Crippen LogP contribution in [-0.4, -0.2) is 165 Å². The minimum atomic E-state index is -1.02. The molecule has 0 bridgehead atoms. The van der Waals surface area contributed by atoms with Crippen molar-refractivity contribution in [2.75, 3.05) is 67.0 Å². The zero-order valence-electron chi connectivity index (χ0n) is 42.3. The molecule has 1 aromatic carbocycles. The summed E-state index contributed by atoms with van der Waals surface area (Å²) < 4.78 is 5.42. The minimum Gasteiger partial charge on any atom is -0.445 e. The Labute approximate surface area is 407 Å². The molecule has 22 heteroatoms. The van der Waals surface area contributed by atoms with Gasteiger partial charge in [0.25, 0.3) is 0 Å². The molecule has 0 spiro atoms. The second-order valence-electron chi connectivity index (χ2n) is 18.0. The summed E-state index contributed by atoms with van der Waals surface area (Å²) >= 11 is 0. The Morgan fingerprint density at radius 3 is 1.86 bits per heavy atom. The lowest BCUT2D eigenvalue weighted by Gasteiger charge is -2.25. The second kappa shape index (κ2) is 32.4. The van der Waals surface area contributed by atoms with Gasteiger partial charge in [-0.1, -0.05) is 65.8 Å². The van der Waals surface area contributed by atoms with Crippen LogP contribution in [-0.2, 0) is 56.1 Å². The molecule has 0 saturated heterocycles. The highest BCUT2D eigenvalue weighted by atomic mass is 16.6. The summed E-state index contributed by atoms with van der Waals surface area (Å²) in [5, 5.41) is 19.0. The topological polar surface area (TPSA) is 300 Å². The van der Waals surface area contributed by atoms with Crippen LogP contribution in [0.5, 0.6) is 0 Å². The van der Waals surface area contributed by atoms with Gasteiger partial charge in [-0.25, -0.2) is 9.59 Å². The first-order chi connectivity index (χ1) is 32.4. The number of urea groups is 1. The highest BCUT2D eigenvalue weighted by Crippen LogP contribution is 2.12. The number of ketones is 1. The van der Waals surface area contributed by atoms with Crippen LogP contribution < -0.4 is 43.0 Å². The van der Waals surface area contributed by atoms with Crippen LogP contribution in [0, 0.1) is 11.8 Å². The smallest absolute Gasteiger partial charge is 0.409 e. The molecule has 0 unspecified atom stereocenters. The fourth-order valence-electron chi connectivity index (χ4n) is 6.50. The molecule has 0 aliphatic heterocycles. The fourth-order valence-corrected chi connectivity index (χ4v) is 6.50. The van der Waals surface area contributed by atoms with Gasteiger partial charge < -0.3 is 62.4 Å². The number of carbonyl (C=O) groups excluding carboxylic acids is 10. The maximum atomic E-state index is 13.6. The SMILES string of the molecule is CC(C)NCCNC(=O)[C@H](C)NC(=O)CN(C)C(=O)CCNC(=O)CCCC(=O)N[C@H](C(=O)N[C@@H](CCCNC(N)=O)C(=O)Cc1ccc(COC(=O)N(C)CCN(C)C(=O)C(C)C)cc1)C(C)C. The number of hydrogen-bond acceptors (Lipinski definition) is 12. The summed E-state index contributed by atoms with van der Waals surface area (Å²) in [6.45, 7) is 14.1. The van der Waals surface area contributed by atoms with E-state index >= 15 is 0 Å². The van der Waals surface area contributed by atoms with Crippen molar-refractivity contribution < 1.29 is 52.7 Å². The largest absolute Gasteiger partial charge is 0.445 e. The van der Waals surface area contributed by atoms with Crippen LogP contribution >= 0.6 is 0 Å². The highest BCUT2D eigenvalue weighted by molar-refractivity contribution is 5.94. The Kier molecular flexibility index (Phi) is 28.5. The van der Waals surface area contributed by atoms with E-state index in [1.54, 1.807) is 77.9 Å². The number of Topliss-reactive ketones (excluding diaryl/α,β-unsaturated/α-hetero) is 1. The number of ether oxygens (including phenoxy) is 1. The van der Waals surface area contributed by atoms with Gasteiger partial charge in [0, 0.05) is 98.1 Å². The number of rotatable bonds is 32. The molecule has 1 rings (SSSR count). The summed E-state index contributed by atoms with van der Waals surface area (Å²) in [6.07, 6.45) is -0.206. The molecule has 0 saturated carbocycles. The summed E-state index contributed by atoms with van der Waals surface area (Å²) in [7, 11) is 4.69. The molecule has 0 heterocycles. The number of nitrogens with one attached hydrogen (secondary N) is 7. The van der Waals surface area contributed by atoms with Crippen LogP contribution in [0.3, 0.4) is 0 Å². The number of nitrogens with two attached hydrogens (primary N) is 1. The second-order valence-corrected chi connectivity index (χ2v) is 18.0. The number of primary amides is 1. The van der Waals surface area contributed by atoms with Gasteiger partial charge >= 0.3 is 12.1 Å². The summed E-state index contributed by atoms with van der Waals surface area (Å²) in [6, 6.07) is 3.61. The Bertz CT molecular complexity index is 1860. The van der Waals surface area contributed by atoms with Crippen LogP contribution in [0.25, 0.3) is 0 Å². The van der Waals surface area contributed by atoms with E-state index in [1.165, 1.54) is 16.8 Å². The third kappa shape index (κ3) is 26.1. The molecule has 10 amide bonds. The standard InChI is InChI=1S/C47H79N11O11/c1-30(2)42(55-39(61)15-11-14-38(60)50-22-20-41(63)58(10)28-40(62)53-33(7)43(64)51-24-23-49-32(5)6)44(65)54-36(13-12-21-52-46(48)67)37(59)27-34-16-18-35(19-17-34)29-69-47(68)57(9)26-25-56(8)45(66)31(3)4/h16-19,30-33,36,42,49H,11-15,20-29H2,1-10H3,(H,50,60)(H,51,64)(H,53,62)(H,54,65)(H,55,61)(H3,48,52,67)/t33-,36-,42-/m0/s1. The molecule has 9 N–H and O–H groups in total. The van der Waals surface area contributed by atoms with E-state index in [0.717, 1.165) is 0 Å². The molecule has 0 radical (unpaired) electrons. The molecule has 0 fully saturated rings. The lowest BCUT2D eigenvalue weighted by atomic mass is 9.97. The molecular formula is C47H79N11O11. The van der Waals surface area contributed by atoms with E-state index in [0.29, 0.717) is 37.2 Å². The Morgan fingerprint density at radius 2 is 1.25 bits per heavy atom. The number of hydrogen-bond donors (Lipinski definition) is 8. The van der Waals surface area contributed by atoms with Gasteiger partial charge in [0.1, 0.15) is 18.7 Å². The van der Waals surface area contributed by atoms with Crippen LogP contribution in [0.15, 0.2) is 24.3 Å². The van der Waals surface area contributed by atoms with Gasteiger partial charge in [-0.3, -0.25) is 38.4 Å². The van der Waals surface area contributed by atoms with Crippen LogP contribution in [0.4, 0.5) is 9.59 Å². The van der Waals surface area contributed by atoms with E-state index in [4.69, 9.17) is 10.5 Å². The predicted molar refractivity (Wildman–Crippen MR) is 259 cm³/mol. The van der Waals surface area contributed by atoms with Crippen molar-refractivity contribution in [3.05, 3.63) is 35.4 Å². The molecule has 388 valence electrons. The molecular weight excluding hydrogens is 895 g/mol. The molecule has 0 aliphatic carbocycles. The van der Waals surface area contributed by atoms with Crippen molar-refractivity contribution in [2.45, 2.75) is 124 Å². The normalized spacial score (nSPS) is 12.2. The average molecular weight is 974 g/mol. The van der Waals surface area contributed by atoms with Crippen molar-refractivity contribution in [1.82, 2.24) is 51.9 Å². The van der Waals surface area contributed by atoms with Crippen molar-refractivity contribution in [2.24, 2.45) is 17.6 Å². The lowest BCUT2D eigenvalue weighted by Crippen LogP contribution is -2.54. The van der Waals surface area contributed by atoms with Gasteiger partial charge in [0.15, 0.2) is 5.78 Å². The zero-order valence-corrected chi connectivity index (χ0v) is 42.3. The van der Waals surface area contributed by atoms with E-state index in [2.05, 4.69) is 37.2 Å². The molecule has 69 heavy (non-hydrogen) atoms. The molecule has 3 atom stereocenters. The zero-order chi connectivity index (χ0) is 52.2. The van der Waals surface area contributed by atoms with Crippen molar-refractivity contribution in [3.63, 3.8) is 0 Å². The maximum Gasteiger partial charge on any atom is 0.409 e. The first-order valence-electron chi connectivity index (χ1n) is 23.6. The first-order valence-corrected chi connectivity index (χ1v) is 23.6. The van der Waals surface area contributed by atoms with E-state index in [1.807, 2.05) is 13.8 Å². The van der Waals surface area contributed by atoms with Gasteiger partial charge in [-0.2, -0.15) is 0 Å². The summed E-state index contributed by atoms with van der Waals surface area (Å²) in [5.41, 5.74) is 6.50. The Balaban J connectivity index is 2.67. The number of carbonyl (C=O) groups is 10. The average Bonchev–Trinajstić information content (AvgIpc) is 3.28. The number of nitrogens with zero attached hydrogens (tertiary/aromatic N) is 3. The Morgan fingerprint density at radius 1 is 0.623 bits per heavy atom. The molecule has 1 aromatic rings. The maximum absolute atomic E-state index is 13.6. The fraction of sp³-hybridized carbons (Fsp3) is 0.660. The van der Waals surface area contributed by atoms with E-state index in [9.17, 15) is 47.9 Å². The van der Waals surface area contributed by atoms with Gasteiger partial charge in [-0.05, 0) is 43.2 Å². The quantitative estimate of drug-likeness (QED) is 0.0453. The van der Waals surface area contributed by atoms with Gasteiger partial charge in [0.05, 0.1) is 12.6 Å². The van der Waals surface area contributed by atoms with Gasteiger partial charge in [0.2, 0.25) is 41.4 Å². The lowest BCUT2D eigenvalue weighted by molar-refractivity contribution is -0.135. The van der Waals surface area contributed by atoms with Crippen molar-refractivity contribution in [3.8, 4) is 0 Å². The summed E-state index contributed by atoms with van der Waals surface area (Å²) in [4.78, 5) is 130. The predicted octanol–water partition coefficient (Wildman–Crippen LogP) is 0.309. The third-order valence-corrected chi connectivity index (χ3v) is 10.7. The summed E-state index contributed by atoms with van der Waals surface area (Å²) in [5.74, 6) is -3.63. The van der Waals surface area contributed by atoms with E-state index < -0.39 is 59.8 Å². The highest BCUT2D eigenvalue weighted by Gasteiger charge is 2.29. The number of likely N-dealkylation sites (N-methyl/N-ethyl adjacent to an activating group) is 3. The molecule has 0 aliphatic rings. The van der Waals surface area contributed by atoms with Crippen LogP contribution in [0.2, 0.25) is 0 Å². The molecule has 0 aromatic heterocycles. The first kappa shape index (κ1) is 60.7. The van der Waals surface area contributed by atoms with Crippen LogP contribution in [0.1, 0.15) is 98.1 Å². The van der Waals surface area contributed by atoms with Crippen molar-refractivity contribution >= 4 is 59.3 Å².